The Morgan fingerprint density at radius 3 is 2.53 bits per heavy atom. The van der Waals surface area contributed by atoms with E-state index in [1.54, 1.807) is 0 Å². The van der Waals surface area contributed by atoms with E-state index < -0.39 is 64.8 Å². The lowest BCUT2D eigenvalue weighted by Crippen LogP contribution is -2.49. The van der Waals surface area contributed by atoms with Crippen LogP contribution in [0.1, 0.15) is 24.8 Å². The Hall–Kier alpha value is -1.83. The SMILES string of the molecule is CS(=O)(=O)N1CCC(Nc2ncc(C(F)(F)F)c(OCC3(C(F)F)CC3)n2)C(F)C1. The van der Waals surface area contributed by atoms with Crippen LogP contribution in [0, 0.1) is 5.41 Å². The Balaban J connectivity index is 1.74. The Kier molecular flexibility index (Phi) is 6.11. The molecular formula is C16H20F6N4O3S. The molecule has 0 amide bonds. The molecule has 170 valence electrons. The topological polar surface area (TPSA) is 84.4 Å². The zero-order chi connectivity index (χ0) is 22.3. The first-order valence-corrected chi connectivity index (χ1v) is 10.9. The lowest BCUT2D eigenvalue weighted by molar-refractivity contribution is -0.139. The van der Waals surface area contributed by atoms with Gasteiger partial charge >= 0.3 is 6.18 Å². The molecule has 2 fully saturated rings. The number of ether oxygens (including phenoxy) is 1. The second-order valence-corrected chi connectivity index (χ2v) is 9.52. The number of nitrogens with one attached hydrogen (secondary N) is 1. The highest BCUT2D eigenvalue weighted by atomic mass is 32.2. The van der Waals surface area contributed by atoms with Gasteiger partial charge < -0.3 is 10.1 Å². The van der Waals surface area contributed by atoms with E-state index in [-0.39, 0.29) is 31.8 Å². The molecule has 30 heavy (non-hydrogen) atoms. The number of alkyl halides is 6. The van der Waals surface area contributed by atoms with Crippen molar-refractivity contribution in [3.63, 3.8) is 0 Å². The van der Waals surface area contributed by atoms with Gasteiger partial charge in [0.2, 0.25) is 28.3 Å². The first kappa shape index (κ1) is 22.8. The van der Waals surface area contributed by atoms with Crippen LogP contribution in [0.5, 0.6) is 5.88 Å². The fourth-order valence-electron chi connectivity index (χ4n) is 3.05. The monoisotopic (exact) mass is 462 g/mol. The molecule has 1 aliphatic carbocycles. The molecule has 14 heteroatoms. The number of rotatable bonds is 7. The van der Waals surface area contributed by atoms with Crippen LogP contribution < -0.4 is 10.1 Å². The number of hydrogen-bond acceptors (Lipinski definition) is 6. The fourth-order valence-corrected chi connectivity index (χ4v) is 3.90. The van der Waals surface area contributed by atoms with Crippen molar-refractivity contribution < 1.29 is 39.5 Å². The number of aromatic nitrogens is 2. The summed E-state index contributed by atoms with van der Waals surface area (Å²) in [4.78, 5) is 7.15. The van der Waals surface area contributed by atoms with E-state index >= 15 is 0 Å². The smallest absolute Gasteiger partial charge is 0.423 e. The van der Waals surface area contributed by atoms with Gasteiger partial charge in [0.05, 0.1) is 17.7 Å². The number of sulfonamides is 1. The zero-order valence-corrected chi connectivity index (χ0v) is 16.6. The van der Waals surface area contributed by atoms with Crippen LogP contribution in [0.3, 0.4) is 0 Å². The van der Waals surface area contributed by atoms with E-state index in [1.165, 1.54) is 0 Å². The lowest BCUT2D eigenvalue weighted by Gasteiger charge is -2.33. The predicted molar refractivity (Wildman–Crippen MR) is 93.5 cm³/mol. The molecule has 1 aliphatic heterocycles. The zero-order valence-electron chi connectivity index (χ0n) is 15.8. The molecule has 1 N–H and O–H groups in total. The Morgan fingerprint density at radius 2 is 2.03 bits per heavy atom. The normalized spacial score (nSPS) is 24.7. The second-order valence-electron chi connectivity index (χ2n) is 7.54. The highest BCUT2D eigenvalue weighted by molar-refractivity contribution is 7.88. The summed E-state index contributed by atoms with van der Waals surface area (Å²) >= 11 is 0. The molecule has 0 radical (unpaired) electrons. The quantitative estimate of drug-likeness (QED) is 0.628. The summed E-state index contributed by atoms with van der Waals surface area (Å²) in [7, 11) is -3.58. The molecule has 2 atom stereocenters. The van der Waals surface area contributed by atoms with Crippen LogP contribution in [-0.4, -0.2) is 67.3 Å². The maximum Gasteiger partial charge on any atom is 0.423 e. The maximum atomic E-state index is 14.4. The second kappa shape index (κ2) is 8.02. The number of anilines is 1. The van der Waals surface area contributed by atoms with E-state index in [4.69, 9.17) is 4.74 Å². The number of halogens is 6. The fraction of sp³-hybridized carbons (Fsp3) is 0.750. The molecule has 0 spiro atoms. The summed E-state index contributed by atoms with van der Waals surface area (Å²) in [6.45, 7) is -1.04. The molecule has 2 heterocycles. The lowest BCUT2D eigenvalue weighted by atomic mass is 10.1. The molecule has 1 saturated heterocycles. The maximum absolute atomic E-state index is 14.4. The van der Waals surface area contributed by atoms with Crippen LogP contribution in [0.15, 0.2) is 6.20 Å². The number of nitrogens with zero attached hydrogens (tertiary/aromatic N) is 3. The van der Waals surface area contributed by atoms with Gasteiger partial charge in [0.25, 0.3) is 0 Å². The predicted octanol–water partition coefficient (Wildman–Crippen LogP) is 2.70. The minimum Gasteiger partial charge on any atom is -0.476 e. The highest BCUT2D eigenvalue weighted by Gasteiger charge is 2.52. The first-order chi connectivity index (χ1) is 13.8. The van der Waals surface area contributed by atoms with Crippen molar-refractivity contribution in [2.75, 3.05) is 31.3 Å². The highest BCUT2D eigenvalue weighted by Crippen LogP contribution is 2.51. The molecular weight excluding hydrogens is 442 g/mol. The van der Waals surface area contributed by atoms with Crippen LogP contribution in [-0.2, 0) is 16.2 Å². The average Bonchev–Trinajstić information content (AvgIpc) is 3.41. The summed E-state index contributed by atoms with van der Waals surface area (Å²) in [6.07, 6.45) is -7.60. The first-order valence-electron chi connectivity index (χ1n) is 9.03. The molecule has 1 aromatic rings. The van der Waals surface area contributed by atoms with E-state index in [1.807, 2.05) is 0 Å². The molecule has 0 aromatic carbocycles. The minimum atomic E-state index is -4.88. The Labute approximate surface area is 168 Å². The van der Waals surface area contributed by atoms with Gasteiger partial charge in [-0.05, 0) is 19.3 Å². The third kappa shape index (κ3) is 5.07. The van der Waals surface area contributed by atoms with Gasteiger partial charge in [-0.1, -0.05) is 0 Å². The van der Waals surface area contributed by atoms with E-state index in [0.29, 0.717) is 6.20 Å². The summed E-state index contributed by atoms with van der Waals surface area (Å²) in [6, 6.07) is -0.941. The molecule has 1 aromatic heterocycles. The van der Waals surface area contributed by atoms with Crippen molar-refractivity contribution in [1.82, 2.24) is 14.3 Å². The van der Waals surface area contributed by atoms with E-state index in [9.17, 15) is 34.8 Å². The van der Waals surface area contributed by atoms with Crippen molar-refractivity contribution in [3.8, 4) is 5.88 Å². The number of piperidine rings is 1. The van der Waals surface area contributed by atoms with Crippen LogP contribution in [0.4, 0.5) is 32.3 Å². The van der Waals surface area contributed by atoms with Gasteiger partial charge in [-0.25, -0.2) is 26.6 Å². The minimum absolute atomic E-state index is 0.0117. The summed E-state index contributed by atoms with van der Waals surface area (Å²) in [5.74, 6) is -1.30. The Morgan fingerprint density at radius 1 is 1.37 bits per heavy atom. The third-order valence-electron chi connectivity index (χ3n) is 5.20. The molecule has 2 aliphatic rings. The molecule has 3 rings (SSSR count). The largest absolute Gasteiger partial charge is 0.476 e. The summed E-state index contributed by atoms with van der Waals surface area (Å²) in [5, 5.41) is 2.54. The van der Waals surface area contributed by atoms with Gasteiger partial charge in [-0.2, -0.15) is 22.5 Å². The van der Waals surface area contributed by atoms with Crippen LogP contribution in [0.25, 0.3) is 0 Å². The van der Waals surface area contributed by atoms with Gasteiger partial charge in [-0.3, -0.25) is 0 Å². The van der Waals surface area contributed by atoms with Gasteiger partial charge in [0.15, 0.2) is 0 Å². The third-order valence-corrected chi connectivity index (χ3v) is 6.47. The Bertz CT molecular complexity index is 878. The van der Waals surface area contributed by atoms with Crippen molar-refractivity contribution in [2.45, 2.75) is 44.1 Å². The number of hydrogen-bond donors (Lipinski definition) is 1. The van der Waals surface area contributed by atoms with Gasteiger partial charge in [0, 0.05) is 19.3 Å². The van der Waals surface area contributed by atoms with Crippen LogP contribution >= 0.6 is 0 Å². The van der Waals surface area contributed by atoms with E-state index in [2.05, 4.69) is 15.3 Å². The molecule has 1 saturated carbocycles. The standard InChI is InChI=1S/C16H20F6N4O3S/c1-30(27,28)26-5-2-11(10(17)7-26)24-14-23-6-9(16(20,21)22)12(25-14)29-8-15(3-4-15)13(18)19/h6,10-11,13H,2-5,7-8H2,1H3,(H,23,24,25). The van der Waals surface area contributed by atoms with Crippen LogP contribution in [0.2, 0.25) is 0 Å². The summed E-state index contributed by atoms with van der Waals surface area (Å²) in [5.41, 5.74) is -2.81. The molecule has 7 nitrogen and oxygen atoms in total. The van der Waals surface area contributed by atoms with Crippen molar-refractivity contribution in [3.05, 3.63) is 11.8 Å². The molecule has 2 unspecified atom stereocenters. The van der Waals surface area contributed by atoms with Gasteiger partial charge in [-0.15, -0.1) is 0 Å². The molecule has 0 bridgehead atoms. The van der Waals surface area contributed by atoms with E-state index in [0.717, 1.165) is 10.6 Å². The average molecular weight is 462 g/mol. The van der Waals surface area contributed by atoms with Gasteiger partial charge in [0.1, 0.15) is 18.3 Å². The van der Waals surface area contributed by atoms with Crippen molar-refractivity contribution in [1.29, 1.82) is 0 Å². The summed E-state index contributed by atoms with van der Waals surface area (Å²) < 4.78 is 109. The van der Waals surface area contributed by atoms with Crippen molar-refractivity contribution in [2.24, 2.45) is 5.41 Å². The van der Waals surface area contributed by atoms with Crippen molar-refractivity contribution >= 4 is 16.0 Å².